The molecule has 0 fully saturated rings. The van der Waals surface area contributed by atoms with E-state index in [9.17, 15) is 0 Å². The summed E-state index contributed by atoms with van der Waals surface area (Å²) in [5.74, 6) is 0.809. The Morgan fingerprint density at radius 1 is 0.535 bits per heavy atom. The molecule has 0 aliphatic carbocycles. The maximum atomic E-state index is 6.25. The molecular weight excluding hydrogens is 541 g/mol. The van der Waals surface area contributed by atoms with Crippen LogP contribution in [0, 0.1) is 13.8 Å². The van der Waals surface area contributed by atoms with Crippen molar-refractivity contribution in [3.05, 3.63) is 83.9 Å². The highest BCUT2D eigenvalue weighted by atomic mass is 16.6. The SMILES string of the molecule is CCOB(OCCCCOB(OCCCCOB(OCC)c1cccc(C)c1)c1ccccc1C)c1ccc(OC)cc1. The Morgan fingerprint density at radius 2 is 1.07 bits per heavy atom. The first-order valence-corrected chi connectivity index (χ1v) is 15.5. The van der Waals surface area contributed by atoms with Crippen molar-refractivity contribution in [3.63, 3.8) is 0 Å². The Kier molecular flexibility index (Phi) is 16.5. The van der Waals surface area contributed by atoms with Crippen LogP contribution in [0.3, 0.4) is 0 Å². The van der Waals surface area contributed by atoms with Crippen LogP contribution in [-0.4, -0.2) is 68.1 Å². The number of rotatable bonds is 22. The molecule has 43 heavy (non-hydrogen) atoms. The van der Waals surface area contributed by atoms with Gasteiger partial charge in [-0.15, -0.1) is 0 Å². The van der Waals surface area contributed by atoms with E-state index in [4.69, 9.17) is 32.7 Å². The zero-order valence-corrected chi connectivity index (χ0v) is 26.6. The Bertz CT molecular complexity index is 1170. The van der Waals surface area contributed by atoms with Gasteiger partial charge in [0.25, 0.3) is 0 Å². The van der Waals surface area contributed by atoms with Crippen molar-refractivity contribution in [1.29, 1.82) is 0 Å². The number of methoxy groups -OCH3 is 1. The molecular formula is C33H47B3O7. The molecule has 0 aliphatic rings. The van der Waals surface area contributed by atoms with Crippen molar-refractivity contribution in [2.24, 2.45) is 0 Å². The van der Waals surface area contributed by atoms with Gasteiger partial charge in [0, 0.05) is 39.6 Å². The summed E-state index contributed by atoms with van der Waals surface area (Å²) in [6, 6.07) is 24.3. The lowest BCUT2D eigenvalue weighted by Crippen LogP contribution is -2.39. The van der Waals surface area contributed by atoms with Gasteiger partial charge in [0.2, 0.25) is 0 Å². The average molecular weight is 588 g/mol. The van der Waals surface area contributed by atoms with E-state index in [2.05, 4.69) is 38.1 Å². The van der Waals surface area contributed by atoms with Gasteiger partial charge in [-0.1, -0.05) is 71.8 Å². The van der Waals surface area contributed by atoms with Gasteiger partial charge in [-0.05, 0) is 81.9 Å². The highest BCUT2D eigenvalue weighted by Gasteiger charge is 2.24. The van der Waals surface area contributed by atoms with Crippen LogP contribution < -0.4 is 21.1 Å². The zero-order chi connectivity index (χ0) is 30.7. The van der Waals surface area contributed by atoms with Gasteiger partial charge in [0.15, 0.2) is 0 Å². The molecule has 3 aromatic carbocycles. The van der Waals surface area contributed by atoms with Gasteiger partial charge >= 0.3 is 21.4 Å². The molecule has 3 aromatic rings. The van der Waals surface area contributed by atoms with Crippen molar-refractivity contribution >= 4 is 37.7 Å². The molecule has 10 heteroatoms. The molecule has 0 unspecified atom stereocenters. The number of hydrogen-bond acceptors (Lipinski definition) is 7. The molecule has 230 valence electrons. The maximum Gasteiger partial charge on any atom is 0.494 e. The van der Waals surface area contributed by atoms with Crippen molar-refractivity contribution in [1.82, 2.24) is 0 Å². The summed E-state index contributed by atoms with van der Waals surface area (Å²) in [7, 11) is 0.494. The lowest BCUT2D eigenvalue weighted by molar-refractivity contribution is 0.177. The fourth-order valence-corrected chi connectivity index (χ4v) is 4.61. The van der Waals surface area contributed by atoms with Crippen LogP contribution in [0.4, 0.5) is 0 Å². The molecule has 0 N–H and O–H groups in total. The number of hydrogen-bond donors (Lipinski definition) is 0. The second kappa shape index (κ2) is 20.4. The minimum absolute atomic E-state index is 0.349. The van der Waals surface area contributed by atoms with E-state index >= 15 is 0 Å². The molecule has 0 amide bonds. The van der Waals surface area contributed by atoms with Gasteiger partial charge in [0.1, 0.15) is 5.75 Å². The summed E-state index contributed by atoms with van der Waals surface area (Å²) in [6.45, 7) is 11.6. The Hall–Kier alpha value is -2.59. The summed E-state index contributed by atoms with van der Waals surface area (Å²) in [5, 5.41) is 0. The summed E-state index contributed by atoms with van der Waals surface area (Å²) in [4.78, 5) is 0. The fraction of sp³-hybridized carbons (Fsp3) is 0.455. The van der Waals surface area contributed by atoms with E-state index in [1.807, 2.05) is 62.4 Å². The van der Waals surface area contributed by atoms with Crippen LogP contribution in [0.2, 0.25) is 0 Å². The van der Waals surface area contributed by atoms with Crippen LogP contribution in [0.5, 0.6) is 5.75 Å². The second-order valence-electron chi connectivity index (χ2n) is 10.3. The van der Waals surface area contributed by atoms with E-state index in [1.165, 1.54) is 5.56 Å². The molecule has 0 spiro atoms. The number of aryl methyl sites for hydroxylation is 2. The predicted molar refractivity (Wildman–Crippen MR) is 177 cm³/mol. The first kappa shape index (κ1) is 34.9. The van der Waals surface area contributed by atoms with Crippen molar-refractivity contribution < 1.29 is 32.7 Å². The molecule has 7 nitrogen and oxygen atoms in total. The van der Waals surface area contributed by atoms with Crippen LogP contribution in [0.1, 0.15) is 50.7 Å². The summed E-state index contributed by atoms with van der Waals surface area (Å²) < 4.78 is 41.5. The average Bonchev–Trinajstić information content (AvgIpc) is 3.02. The topological polar surface area (TPSA) is 64.6 Å². The smallest absolute Gasteiger partial charge is 0.494 e. The van der Waals surface area contributed by atoms with Crippen molar-refractivity contribution in [2.75, 3.05) is 46.8 Å². The van der Waals surface area contributed by atoms with Crippen LogP contribution in [0.15, 0.2) is 72.8 Å². The summed E-state index contributed by atoms with van der Waals surface area (Å²) in [5.41, 5.74) is 5.42. The van der Waals surface area contributed by atoms with Crippen molar-refractivity contribution in [3.8, 4) is 5.75 Å². The Labute approximate surface area is 259 Å². The molecule has 0 aliphatic heterocycles. The predicted octanol–water partition coefficient (Wildman–Crippen LogP) is 4.50. The van der Waals surface area contributed by atoms with E-state index in [-0.39, 0.29) is 7.12 Å². The van der Waals surface area contributed by atoms with Gasteiger partial charge in [-0.3, -0.25) is 0 Å². The quantitative estimate of drug-likeness (QED) is 0.127. The molecule has 0 atom stereocenters. The normalized spacial score (nSPS) is 11.0. The van der Waals surface area contributed by atoms with Gasteiger partial charge in [-0.2, -0.15) is 0 Å². The molecule has 0 bridgehead atoms. The molecule has 0 aromatic heterocycles. The number of benzene rings is 3. The fourth-order valence-electron chi connectivity index (χ4n) is 4.61. The van der Waals surface area contributed by atoms with Crippen molar-refractivity contribution in [2.45, 2.75) is 53.4 Å². The van der Waals surface area contributed by atoms with Crippen LogP contribution in [-0.2, 0) is 27.9 Å². The largest absolute Gasteiger partial charge is 0.497 e. The standard InChI is InChI=1S/C33H47B3O7/c1-6-38-34(30-19-21-32(37-5)22-20-30)40-23-10-12-25-42-36(33-18-9-8-16-29(33)4)43-26-13-11-24-41-35(39-7-2)31-17-14-15-28(3)27-31/h8-9,14-22,27H,6-7,10-13,23-26H2,1-5H3. The van der Waals surface area contributed by atoms with Gasteiger partial charge in [0.05, 0.1) is 7.11 Å². The molecule has 0 saturated carbocycles. The highest BCUT2D eigenvalue weighted by Crippen LogP contribution is 2.08. The third-order valence-electron chi connectivity index (χ3n) is 6.93. The van der Waals surface area contributed by atoms with E-state index in [1.54, 1.807) is 7.11 Å². The Morgan fingerprint density at radius 3 is 1.58 bits per heavy atom. The molecule has 0 heterocycles. The summed E-state index contributed by atoms with van der Waals surface area (Å²) >= 11 is 0. The number of unbranched alkanes of at least 4 members (excludes halogenated alkanes) is 2. The molecule has 0 radical (unpaired) electrons. The zero-order valence-electron chi connectivity index (χ0n) is 26.6. The highest BCUT2D eigenvalue weighted by molar-refractivity contribution is 6.62. The third-order valence-corrected chi connectivity index (χ3v) is 6.93. The summed E-state index contributed by atoms with van der Waals surface area (Å²) in [6.07, 6.45) is 3.41. The van der Waals surface area contributed by atoms with Gasteiger partial charge in [-0.25, -0.2) is 0 Å². The lowest BCUT2D eigenvalue weighted by Gasteiger charge is -2.18. The minimum atomic E-state index is -0.415. The van der Waals surface area contributed by atoms with E-state index in [0.717, 1.165) is 53.4 Å². The second-order valence-corrected chi connectivity index (χ2v) is 10.3. The maximum absolute atomic E-state index is 6.25. The molecule has 0 saturated heterocycles. The van der Waals surface area contributed by atoms with Gasteiger partial charge < -0.3 is 32.7 Å². The monoisotopic (exact) mass is 588 g/mol. The first-order valence-electron chi connectivity index (χ1n) is 15.5. The number of ether oxygens (including phenoxy) is 1. The third kappa shape index (κ3) is 12.5. The lowest BCUT2D eigenvalue weighted by atomic mass is 9.76. The molecule has 3 rings (SSSR count). The van der Waals surface area contributed by atoms with Crippen LogP contribution >= 0.6 is 0 Å². The van der Waals surface area contributed by atoms with Crippen LogP contribution in [0.25, 0.3) is 0 Å². The Balaban J connectivity index is 1.40. The van der Waals surface area contributed by atoms with E-state index < -0.39 is 14.2 Å². The minimum Gasteiger partial charge on any atom is -0.497 e. The van der Waals surface area contributed by atoms with E-state index in [0.29, 0.717) is 39.6 Å². The first-order chi connectivity index (χ1) is 21.0.